The second-order valence-electron chi connectivity index (χ2n) is 5.37. The molecule has 3 nitrogen and oxygen atoms in total. The van der Waals surface area contributed by atoms with Gasteiger partial charge in [0.25, 0.3) is 0 Å². The molecule has 3 aromatic rings. The Labute approximate surface area is 148 Å². The summed E-state index contributed by atoms with van der Waals surface area (Å²) in [7, 11) is 0. The summed E-state index contributed by atoms with van der Waals surface area (Å²) < 4.78 is 0.856. The van der Waals surface area contributed by atoms with E-state index >= 15 is 0 Å². The first kappa shape index (κ1) is 14.4. The van der Waals surface area contributed by atoms with E-state index in [1.807, 2.05) is 30.3 Å². The second-order valence-corrected chi connectivity index (χ2v) is 6.40. The van der Waals surface area contributed by atoms with Crippen molar-refractivity contribution in [2.45, 2.75) is 6.17 Å². The highest BCUT2D eigenvalue weighted by Gasteiger charge is 2.18. The molecule has 0 radical (unpaired) electrons. The summed E-state index contributed by atoms with van der Waals surface area (Å²) in [5.74, 6) is 0.770. The fourth-order valence-corrected chi connectivity index (χ4v) is 3.21. The normalized spacial score (nSPS) is 17.3. The maximum Gasteiger partial charge on any atom is 0.168 e. The smallest absolute Gasteiger partial charge is 0.168 e. The van der Waals surface area contributed by atoms with Crippen molar-refractivity contribution in [3.05, 3.63) is 83.9 Å². The molecule has 1 aliphatic rings. The van der Waals surface area contributed by atoms with Crippen molar-refractivity contribution in [2.75, 3.05) is 0 Å². The fourth-order valence-electron chi connectivity index (χ4n) is 2.68. The van der Waals surface area contributed by atoms with Crippen molar-refractivity contribution >= 4 is 43.0 Å². The van der Waals surface area contributed by atoms with E-state index in [9.17, 15) is 0 Å². The van der Waals surface area contributed by atoms with Crippen LogP contribution in [0.4, 0.5) is 0 Å². The molecule has 0 saturated heterocycles. The minimum atomic E-state index is -0.112. The highest BCUT2D eigenvalue weighted by atomic mass is 127. The second kappa shape index (κ2) is 6.12. The van der Waals surface area contributed by atoms with Crippen LogP contribution >= 0.6 is 22.6 Å². The third kappa shape index (κ3) is 2.99. The molecule has 0 spiro atoms. The number of hydrogen-bond acceptors (Lipinski definition) is 3. The third-order valence-corrected chi connectivity index (χ3v) is 4.39. The molecular weight excluding hydrogens is 397 g/mol. The zero-order chi connectivity index (χ0) is 15.6. The predicted octanol–water partition coefficient (Wildman–Crippen LogP) is 4.68. The first-order chi connectivity index (χ1) is 11.3. The van der Waals surface area contributed by atoms with Crippen LogP contribution < -0.4 is 5.32 Å². The topological polar surface area (TPSA) is 36.8 Å². The average molecular weight is 411 g/mol. The minimum absolute atomic E-state index is 0.112. The summed E-state index contributed by atoms with van der Waals surface area (Å²) in [6.45, 7) is 0. The molecule has 112 valence electrons. The zero-order valence-electron chi connectivity index (χ0n) is 12.3. The Hall–Kier alpha value is -2.21. The van der Waals surface area contributed by atoms with E-state index in [-0.39, 0.29) is 6.17 Å². The lowest BCUT2D eigenvalue weighted by Crippen LogP contribution is -2.29. The van der Waals surface area contributed by atoms with Crippen molar-refractivity contribution in [2.24, 2.45) is 9.98 Å². The van der Waals surface area contributed by atoms with Crippen molar-refractivity contribution in [1.29, 1.82) is 0 Å². The van der Waals surface area contributed by atoms with E-state index in [1.54, 1.807) is 0 Å². The lowest BCUT2D eigenvalue weighted by atomic mass is 10.1. The van der Waals surface area contributed by atoms with Crippen molar-refractivity contribution in [1.82, 2.24) is 5.32 Å². The third-order valence-electron chi connectivity index (χ3n) is 3.83. The molecule has 3 aromatic carbocycles. The maximum absolute atomic E-state index is 4.79. The van der Waals surface area contributed by atoms with Gasteiger partial charge in [-0.15, -0.1) is 0 Å². The summed E-state index contributed by atoms with van der Waals surface area (Å²) in [5, 5.41) is 5.81. The zero-order valence-corrected chi connectivity index (χ0v) is 14.4. The number of aliphatic imine (C=N–C) groups is 2. The number of hydrogen-bond donors (Lipinski definition) is 1. The Morgan fingerprint density at radius 1 is 0.826 bits per heavy atom. The van der Waals surface area contributed by atoms with E-state index in [2.05, 4.69) is 75.4 Å². The molecule has 1 heterocycles. The number of halogens is 1. The van der Waals surface area contributed by atoms with Gasteiger partial charge in [0.15, 0.2) is 9.68 Å². The Morgan fingerprint density at radius 3 is 2.39 bits per heavy atom. The van der Waals surface area contributed by atoms with Gasteiger partial charge >= 0.3 is 0 Å². The number of fused-ring (bicyclic) bond motifs is 1. The predicted molar refractivity (Wildman–Crippen MR) is 104 cm³/mol. The molecule has 4 rings (SSSR count). The number of rotatable bonds is 2. The summed E-state index contributed by atoms with van der Waals surface area (Å²) >= 11 is 2.22. The van der Waals surface area contributed by atoms with E-state index in [1.165, 1.54) is 10.8 Å². The van der Waals surface area contributed by atoms with Crippen molar-refractivity contribution in [3.63, 3.8) is 0 Å². The summed E-state index contributed by atoms with van der Waals surface area (Å²) in [4.78, 5) is 9.33. The van der Waals surface area contributed by atoms with Gasteiger partial charge in [-0.2, -0.15) is 0 Å². The molecule has 0 saturated carbocycles. The maximum atomic E-state index is 4.79. The molecule has 0 bridgehead atoms. The standard InChI is InChI=1S/C19H14IN3/c20-19-22-17(14-7-2-1-3-8-14)21-18(23-19)16-11-10-13-6-4-5-9-15(13)12-16/h1-12,18H,(H,21,22,23). The SMILES string of the molecule is IC1=NC(c2ccccc2)=NC(c2ccc3ccccc3c2)N1. The van der Waals surface area contributed by atoms with Crippen LogP contribution in [0.1, 0.15) is 17.3 Å². The quantitative estimate of drug-likeness (QED) is 0.483. The van der Waals surface area contributed by atoms with Gasteiger partial charge in [-0.3, -0.25) is 0 Å². The minimum Gasteiger partial charge on any atom is -0.340 e. The van der Waals surface area contributed by atoms with E-state index < -0.39 is 0 Å². The highest BCUT2D eigenvalue weighted by Crippen LogP contribution is 2.24. The van der Waals surface area contributed by atoms with Gasteiger partial charge < -0.3 is 5.32 Å². The van der Waals surface area contributed by atoms with Gasteiger partial charge in [-0.1, -0.05) is 66.7 Å². The molecule has 1 aliphatic heterocycles. The van der Waals surface area contributed by atoms with E-state index in [4.69, 9.17) is 4.99 Å². The fraction of sp³-hybridized carbons (Fsp3) is 0.0526. The van der Waals surface area contributed by atoms with Gasteiger partial charge in [0.05, 0.1) is 0 Å². The average Bonchev–Trinajstić information content (AvgIpc) is 2.61. The number of nitrogens with one attached hydrogen (secondary N) is 1. The Balaban J connectivity index is 1.75. The lowest BCUT2D eigenvalue weighted by Gasteiger charge is -2.21. The van der Waals surface area contributed by atoms with Gasteiger partial charge in [-0.05, 0) is 45.0 Å². The lowest BCUT2D eigenvalue weighted by molar-refractivity contribution is 0.683. The molecule has 1 unspecified atom stereocenters. The monoisotopic (exact) mass is 411 g/mol. The number of nitrogens with zero attached hydrogens (tertiary/aromatic N) is 2. The molecule has 0 fully saturated rings. The number of benzene rings is 3. The first-order valence-corrected chi connectivity index (χ1v) is 8.50. The number of amidine groups is 2. The molecule has 0 aliphatic carbocycles. The van der Waals surface area contributed by atoms with Crippen molar-refractivity contribution in [3.8, 4) is 0 Å². The molecule has 0 aromatic heterocycles. The van der Waals surface area contributed by atoms with Gasteiger partial charge in [-0.25, -0.2) is 9.98 Å². The molecule has 0 amide bonds. The van der Waals surface area contributed by atoms with Crippen LogP contribution in [0.3, 0.4) is 0 Å². The van der Waals surface area contributed by atoms with Gasteiger partial charge in [0.2, 0.25) is 0 Å². The Bertz CT molecular complexity index is 916. The summed E-state index contributed by atoms with van der Waals surface area (Å²) in [6.07, 6.45) is -0.112. The van der Waals surface area contributed by atoms with Crippen molar-refractivity contribution < 1.29 is 0 Å². The summed E-state index contributed by atoms with van der Waals surface area (Å²) in [5.41, 5.74) is 2.18. The molecule has 4 heteroatoms. The van der Waals surface area contributed by atoms with E-state index in [0.29, 0.717) is 0 Å². The van der Waals surface area contributed by atoms with Gasteiger partial charge in [0, 0.05) is 5.56 Å². The summed E-state index contributed by atoms with van der Waals surface area (Å²) in [6, 6.07) is 24.9. The molecular formula is C19H14IN3. The molecule has 1 N–H and O–H groups in total. The Kier molecular flexibility index (Phi) is 3.83. The van der Waals surface area contributed by atoms with Crippen LogP contribution in [0.15, 0.2) is 82.8 Å². The van der Waals surface area contributed by atoms with E-state index in [0.717, 1.165) is 20.8 Å². The Morgan fingerprint density at radius 2 is 1.57 bits per heavy atom. The van der Waals surface area contributed by atoms with Crippen LogP contribution in [0.2, 0.25) is 0 Å². The molecule has 1 atom stereocenters. The van der Waals surface area contributed by atoms with Crippen LogP contribution in [0.25, 0.3) is 10.8 Å². The largest absolute Gasteiger partial charge is 0.340 e. The van der Waals surface area contributed by atoms with Crippen LogP contribution in [-0.4, -0.2) is 9.68 Å². The van der Waals surface area contributed by atoms with Gasteiger partial charge in [0.1, 0.15) is 6.17 Å². The van der Waals surface area contributed by atoms with Crippen LogP contribution in [0, 0.1) is 0 Å². The highest BCUT2D eigenvalue weighted by molar-refractivity contribution is 14.1. The molecule has 23 heavy (non-hydrogen) atoms. The first-order valence-electron chi connectivity index (χ1n) is 7.42. The van der Waals surface area contributed by atoms with Crippen LogP contribution in [0.5, 0.6) is 0 Å². The van der Waals surface area contributed by atoms with Crippen LogP contribution in [-0.2, 0) is 0 Å².